The van der Waals surface area contributed by atoms with E-state index in [1.165, 1.54) is 0 Å². The minimum atomic E-state index is -0.721. The number of aromatic amines is 1. The second kappa shape index (κ2) is 12.6. The highest BCUT2D eigenvalue weighted by molar-refractivity contribution is 6.04. The number of ether oxygens (including phenoxy) is 1. The fourth-order valence-electron chi connectivity index (χ4n) is 4.61. The Balaban J connectivity index is 0.00000109. The number of hydrogen-bond acceptors (Lipinski definition) is 4. The number of fused-ring (bicyclic) bond motifs is 1. The first-order chi connectivity index (χ1) is 17.2. The number of H-pyrrole nitrogens is 1. The summed E-state index contributed by atoms with van der Waals surface area (Å²) in [5.74, 6) is 0.00965. The molecule has 2 aromatic rings. The summed E-state index contributed by atoms with van der Waals surface area (Å²) in [7, 11) is 0. The zero-order chi connectivity index (χ0) is 26.9. The van der Waals surface area contributed by atoms with Gasteiger partial charge < -0.3 is 14.6 Å². The molecular formula is C30H41N3O3. The Morgan fingerprint density at radius 2 is 1.89 bits per heavy atom. The van der Waals surface area contributed by atoms with E-state index in [9.17, 15) is 14.9 Å². The largest absolute Gasteiger partial charge is 0.444 e. The topological polar surface area (TPSA) is 86.2 Å². The summed E-state index contributed by atoms with van der Waals surface area (Å²) in [6, 6.07) is 7.63. The van der Waals surface area contributed by atoms with Crippen molar-refractivity contribution in [1.82, 2.24) is 9.88 Å². The first kappa shape index (κ1) is 28.9. The summed E-state index contributed by atoms with van der Waals surface area (Å²) in [5, 5.41) is 10.1. The van der Waals surface area contributed by atoms with Gasteiger partial charge in [0.1, 0.15) is 11.7 Å². The van der Waals surface area contributed by atoms with Crippen LogP contribution in [0.25, 0.3) is 10.9 Å². The van der Waals surface area contributed by atoms with Crippen LogP contribution in [0.15, 0.2) is 48.2 Å². The highest BCUT2D eigenvalue weighted by Crippen LogP contribution is 2.41. The van der Waals surface area contributed by atoms with E-state index >= 15 is 0 Å². The van der Waals surface area contributed by atoms with Gasteiger partial charge in [0.15, 0.2) is 5.78 Å². The predicted molar refractivity (Wildman–Crippen MR) is 146 cm³/mol. The number of rotatable bonds is 4. The normalized spacial score (nSPS) is 18.8. The highest BCUT2D eigenvalue weighted by Gasteiger charge is 2.47. The van der Waals surface area contributed by atoms with E-state index in [2.05, 4.69) is 29.3 Å². The van der Waals surface area contributed by atoms with Gasteiger partial charge >= 0.3 is 6.09 Å². The molecule has 194 valence electrons. The van der Waals surface area contributed by atoms with Crippen molar-refractivity contribution < 1.29 is 14.3 Å². The van der Waals surface area contributed by atoms with Crippen LogP contribution in [0, 0.1) is 16.7 Å². The van der Waals surface area contributed by atoms with Crippen molar-refractivity contribution in [2.24, 2.45) is 5.41 Å². The van der Waals surface area contributed by atoms with Gasteiger partial charge in [-0.1, -0.05) is 51.5 Å². The second-order valence-electron chi connectivity index (χ2n) is 9.77. The van der Waals surface area contributed by atoms with Gasteiger partial charge in [-0.3, -0.25) is 4.79 Å². The monoisotopic (exact) mass is 491 g/mol. The molecule has 2 heterocycles. The van der Waals surface area contributed by atoms with E-state index in [1.807, 2.05) is 60.6 Å². The SMILES string of the molecule is CC.CC.CC(C)(C)OC(=O)N1CCC(CC2=CCCC=C2)(C(=O)c2ccc3[nH]cc(C#N)c3c2)C1. The van der Waals surface area contributed by atoms with Crippen molar-refractivity contribution in [3.8, 4) is 6.07 Å². The van der Waals surface area contributed by atoms with Crippen LogP contribution in [0.4, 0.5) is 4.79 Å². The number of amides is 1. The first-order valence-corrected chi connectivity index (χ1v) is 13.1. The van der Waals surface area contributed by atoms with Crippen molar-refractivity contribution in [1.29, 1.82) is 5.26 Å². The van der Waals surface area contributed by atoms with Crippen LogP contribution in [0.3, 0.4) is 0 Å². The summed E-state index contributed by atoms with van der Waals surface area (Å²) < 4.78 is 5.57. The molecule has 1 unspecified atom stereocenters. The van der Waals surface area contributed by atoms with Crippen LogP contribution in [0.5, 0.6) is 0 Å². The van der Waals surface area contributed by atoms with Crippen LogP contribution in [-0.2, 0) is 4.74 Å². The Labute approximate surface area is 216 Å². The van der Waals surface area contributed by atoms with Crippen molar-refractivity contribution in [2.75, 3.05) is 13.1 Å². The van der Waals surface area contributed by atoms with Crippen molar-refractivity contribution >= 4 is 22.8 Å². The zero-order valence-corrected chi connectivity index (χ0v) is 22.9. The molecule has 0 bridgehead atoms. The number of benzene rings is 1. The number of aromatic nitrogens is 1. The fraction of sp³-hybridized carbons (Fsp3) is 0.500. The average Bonchev–Trinajstić information content (AvgIpc) is 3.50. The molecule has 0 radical (unpaired) electrons. The van der Waals surface area contributed by atoms with Crippen LogP contribution < -0.4 is 0 Å². The lowest BCUT2D eigenvalue weighted by Gasteiger charge is -2.30. The Morgan fingerprint density at radius 1 is 1.17 bits per heavy atom. The van der Waals surface area contributed by atoms with Gasteiger partial charge in [0, 0.05) is 35.8 Å². The molecule has 1 N–H and O–H groups in total. The third-order valence-corrected chi connectivity index (χ3v) is 6.17. The number of allylic oxidation sites excluding steroid dienone is 4. The van der Waals surface area contributed by atoms with Gasteiger partial charge in [-0.2, -0.15) is 5.26 Å². The molecule has 0 saturated carbocycles. The quantitative estimate of drug-likeness (QED) is 0.447. The molecule has 2 aliphatic rings. The fourth-order valence-corrected chi connectivity index (χ4v) is 4.61. The number of carbonyl (C=O) groups excluding carboxylic acids is 2. The molecule has 1 aliphatic heterocycles. The summed E-state index contributed by atoms with van der Waals surface area (Å²) in [6.07, 6.45) is 10.8. The molecule has 1 aromatic heterocycles. The Kier molecular flexibility index (Phi) is 10.1. The van der Waals surface area contributed by atoms with Crippen LogP contribution in [-0.4, -0.2) is 40.5 Å². The van der Waals surface area contributed by atoms with Crippen LogP contribution >= 0.6 is 0 Å². The van der Waals surface area contributed by atoms with E-state index in [4.69, 9.17) is 4.74 Å². The van der Waals surface area contributed by atoms with E-state index in [-0.39, 0.29) is 11.9 Å². The molecule has 1 aromatic carbocycles. The van der Waals surface area contributed by atoms with E-state index in [0.29, 0.717) is 37.1 Å². The van der Waals surface area contributed by atoms with E-state index < -0.39 is 11.0 Å². The number of ketones is 1. The molecule has 1 fully saturated rings. The lowest BCUT2D eigenvalue weighted by molar-refractivity contribution is 0.0274. The van der Waals surface area contributed by atoms with Gasteiger partial charge in [0.2, 0.25) is 0 Å². The minimum absolute atomic E-state index is 0.00965. The van der Waals surface area contributed by atoms with Gasteiger partial charge in [0.25, 0.3) is 0 Å². The maximum atomic E-state index is 13.9. The Morgan fingerprint density at radius 3 is 2.50 bits per heavy atom. The molecule has 36 heavy (non-hydrogen) atoms. The number of hydrogen-bond donors (Lipinski definition) is 1. The standard InChI is InChI=1S/C26H29N3O3.2C2H6/c1-25(2,3)32-24(31)29-12-11-26(17-29,14-18-7-5-4-6-8-18)23(30)19-9-10-22-21(13-19)20(15-27)16-28-22;2*1-2/h5,7-10,13,16,28H,4,6,11-12,14,17H2,1-3H3;2*1-2H3. The molecule has 4 rings (SSSR count). The highest BCUT2D eigenvalue weighted by atomic mass is 16.6. The van der Waals surface area contributed by atoms with Crippen molar-refractivity contribution in [3.63, 3.8) is 0 Å². The first-order valence-electron chi connectivity index (χ1n) is 13.1. The minimum Gasteiger partial charge on any atom is -0.444 e. The summed E-state index contributed by atoms with van der Waals surface area (Å²) in [4.78, 5) is 31.4. The predicted octanol–water partition coefficient (Wildman–Crippen LogP) is 7.57. The molecule has 6 heteroatoms. The van der Waals surface area contributed by atoms with Gasteiger partial charge in [-0.05, 0) is 64.7 Å². The summed E-state index contributed by atoms with van der Waals surface area (Å²) in [5.41, 5.74) is 1.74. The Bertz CT molecular complexity index is 1160. The lowest BCUT2D eigenvalue weighted by Crippen LogP contribution is -2.39. The number of nitriles is 1. The molecule has 1 aliphatic carbocycles. The number of carbonyl (C=O) groups is 2. The van der Waals surface area contributed by atoms with Gasteiger partial charge in [0.05, 0.1) is 11.0 Å². The summed E-state index contributed by atoms with van der Waals surface area (Å²) >= 11 is 0. The molecule has 6 nitrogen and oxygen atoms in total. The molecular weight excluding hydrogens is 450 g/mol. The second-order valence-corrected chi connectivity index (χ2v) is 9.77. The molecule has 1 amide bonds. The van der Waals surface area contributed by atoms with Crippen LogP contribution in [0.1, 0.15) is 90.1 Å². The number of likely N-dealkylation sites (tertiary alicyclic amines) is 1. The van der Waals surface area contributed by atoms with E-state index in [1.54, 1.807) is 17.2 Å². The third kappa shape index (κ3) is 6.66. The zero-order valence-electron chi connectivity index (χ0n) is 22.9. The number of nitrogens with one attached hydrogen (secondary N) is 1. The maximum Gasteiger partial charge on any atom is 0.410 e. The number of nitrogens with zero attached hydrogens (tertiary/aromatic N) is 2. The Hall–Kier alpha value is -3.33. The summed E-state index contributed by atoms with van der Waals surface area (Å²) in [6.45, 7) is 14.3. The third-order valence-electron chi connectivity index (χ3n) is 6.17. The van der Waals surface area contributed by atoms with Gasteiger partial charge in [-0.15, -0.1) is 0 Å². The van der Waals surface area contributed by atoms with Crippen molar-refractivity contribution in [2.45, 2.75) is 79.8 Å². The number of Topliss-reactive ketones (excluding diaryl/α,β-unsaturated/α-hetero) is 1. The average molecular weight is 492 g/mol. The smallest absolute Gasteiger partial charge is 0.410 e. The molecule has 1 atom stereocenters. The molecule has 1 saturated heterocycles. The molecule has 0 spiro atoms. The van der Waals surface area contributed by atoms with E-state index in [0.717, 1.165) is 29.3 Å². The van der Waals surface area contributed by atoms with Gasteiger partial charge in [-0.25, -0.2) is 4.79 Å². The lowest BCUT2D eigenvalue weighted by atomic mass is 9.74. The van der Waals surface area contributed by atoms with Crippen LogP contribution in [0.2, 0.25) is 0 Å². The van der Waals surface area contributed by atoms with Crippen molar-refractivity contribution in [3.05, 3.63) is 59.3 Å². The maximum absolute atomic E-state index is 13.9.